The molecule has 1 nitrogen and oxygen atoms in total. The van der Waals surface area contributed by atoms with E-state index in [4.69, 9.17) is 0 Å². The van der Waals surface area contributed by atoms with Gasteiger partial charge in [-0.3, -0.25) is 0 Å². The Morgan fingerprint density at radius 1 is 0.773 bits per heavy atom. The third-order valence-electron chi connectivity index (χ3n) is 3.78. The Kier molecular flexibility index (Phi) is 5.01. The summed E-state index contributed by atoms with van der Waals surface area (Å²) in [6.07, 6.45) is 5.39. The van der Waals surface area contributed by atoms with Crippen molar-refractivity contribution in [3.63, 3.8) is 0 Å². The van der Waals surface area contributed by atoms with Gasteiger partial charge in [-0.25, -0.2) is 0 Å². The Morgan fingerprint density at radius 2 is 1.55 bits per heavy atom. The number of rotatable bonds is 6. The summed E-state index contributed by atoms with van der Waals surface area (Å²) in [6, 6.07) is 25.6. The van der Waals surface area contributed by atoms with Crippen molar-refractivity contribution in [3.8, 4) is 0 Å². The van der Waals surface area contributed by atoms with E-state index in [0.717, 1.165) is 19.5 Å². The molecule has 0 aliphatic carbocycles. The normalized spacial score (nSPS) is 11.3. The van der Waals surface area contributed by atoms with Crippen LogP contribution in [0.5, 0.6) is 0 Å². The second-order valence-electron chi connectivity index (χ2n) is 5.45. The molecule has 22 heavy (non-hydrogen) atoms. The molecule has 0 heterocycles. The van der Waals surface area contributed by atoms with E-state index in [2.05, 4.69) is 84.2 Å². The molecule has 0 bridgehead atoms. The summed E-state index contributed by atoms with van der Waals surface area (Å²) in [5.74, 6) is 0. The first-order valence-corrected chi connectivity index (χ1v) is 7.82. The molecule has 3 rings (SSSR count). The smallest absolute Gasteiger partial charge is 0.0138 e. The molecular weight excluding hydrogens is 266 g/mol. The number of nitrogens with one attached hydrogen (secondary N) is 1. The fraction of sp³-hybridized carbons (Fsp3) is 0.143. The van der Waals surface area contributed by atoms with Gasteiger partial charge >= 0.3 is 0 Å². The van der Waals surface area contributed by atoms with Gasteiger partial charge in [-0.05, 0) is 34.9 Å². The lowest BCUT2D eigenvalue weighted by molar-refractivity contribution is 0.746. The fourth-order valence-corrected chi connectivity index (χ4v) is 2.57. The Hall–Kier alpha value is -2.38. The van der Waals surface area contributed by atoms with E-state index >= 15 is 0 Å². The quantitative estimate of drug-likeness (QED) is 0.649. The molecule has 0 unspecified atom stereocenters. The fourth-order valence-electron chi connectivity index (χ4n) is 2.57. The van der Waals surface area contributed by atoms with Crippen LogP contribution in [0.2, 0.25) is 0 Å². The van der Waals surface area contributed by atoms with Crippen LogP contribution >= 0.6 is 0 Å². The molecule has 0 atom stereocenters. The second kappa shape index (κ2) is 7.58. The molecule has 0 aromatic heterocycles. The highest BCUT2D eigenvalue weighted by Gasteiger charge is 1.95. The maximum Gasteiger partial charge on any atom is 0.0138 e. The Morgan fingerprint density at radius 3 is 2.41 bits per heavy atom. The Balaban J connectivity index is 1.45. The largest absolute Gasteiger partial charge is 0.313 e. The van der Waals surface area contributed by atoms with Gasteiger partial charge in [-0.15, -0.1) is 0 Å². The zero-order valence-electron chi connectivity index (χ0n) is 12.7. The highest BCUT2D eigenvalue weighted by Crippen LogP contribution is 2.15. The third-order valence-corrected chi connectivity index (χ3v) is 3.78. The summed E-state index contributed by atoms with van der Waals surface area (Å²) in [5.41, 5.74) is 2.64. The van der Waals surface area contributed by atoms with E-state index < -0.39 is 0 Å². The monoisotopic (exact) mass is 287 g/mol. The summed E-state index contributed by atoms with van der Waals surface area (Å²) in [5, 5.41) is 6.10. The van der Waals surface area contributed by atoms with Crippen LogP contribution in [-0.2, 0) is 6.42 Å². The zero-order valence-corrected chi connectivity index (χ0v) is 12.7. The van der Waals surface area contributed by atoms with E-state index in [9.17, 15) is 0 Å². The van der Waals surface area contributed by atoms with Crippen LogP contribution < -0.4 is 5.32 Å². The number of fused-ring (bicyclic) bond motifs is 1. The third kappa shape index (κ3) is 4.06. The molecule has 0 amide bonds. The van der Waals surface area contributed by atoms with Gasteiger partial charge in [0.15, 0.2) is 0 Å². The van der Waals surface area contributed by atoms with Gasteiger partial charge in [-0.1, -0.05) is 84.9 Å². The van der Waals surface area contributed by atoms with Crippen molar-refractivity contribution in [3.05, 3.63) is 90.0 Å². The molecule has 1 heteroatoms. The summed E-state index contributed by atoms with van der Waals surface area (Å²) >= 11 is 0. The number of hydrogen-bond acceptors (Lipinski definition) is 1. The first kappa shape index (κ1) is 14.6. The van der Waals surface area contributed by atoms with Gasteiger partial charge in [0.2, 0.25) is 0 Å². The van der Waals surface area contributed by atoms with Crippen molar-refractivity contribution >= 4 is 16.8 Å². The maximum absolute atomic E-state index is 3.47. The summed E-state index contributed by atoms with van der Waals surface area (Å²) in [4.78, 5) is 0. The van der Waals surface area contributed by atoms with Crippen LogP contribution in [0.1, 0.15) is 11.1 Å². The van der Waals surface area contributed by atoms with Gasteiger partial charge in [0.1, 0.15) is 0 Å². The second-order valence-corrected chi connectivity index (χ2v) is 5.45. The van der Waals surface area contributed by atoms with Crippen LogP contribution in [0, 0.1) is 0 Å². The minimum atomic E-state index is 0.905. The highest BCUT2D eigenvalue weighted by molar-refractivity contribution is 5.82. The van der Waals surface area contributed by atoms with Crippen molar-refractivity contribution in [1.29, 1.82) is 0 Å². The number of benzene rings is 3. The lowest BCUT2D eigenvalue weighted by atomic mass is 10.1. The Labute approximate surface area is 132 Å². The van der Waals surface area contributed by atoms with Crippen LogP contribution in [0.25, 0.3) is 16.8 Å². The first-order valence-electron chi connectivity index (χ1n) is 7.82. The van der Waals surface area contributed by atoms with E-state index in [0.29, 0.717) is 0 Å². The lowest BCUT2D eigenvalue weighted by Gasteiger charge is -2.04. The maximum atomic E-state index is 3.47. The molecular formula is C21H21N. The molecule has 0 fully saturated rings. The summed E-state index contributed by atoms with van der Waals surface area (Å²) < 4.78 is 0. The molecule has 0 saturated carbocycles. The molecule has 0 spiro atoms. The summed E-state index contributed by atoms with van der Waals surface area (Å²) in [7, 11) is 0. The molecule has 0 aliphatic rings. The van der Waals surface area contributed by atoms with E-state index in [1.54, 1.807) is 0 Å². The van der Waals surface area contributed by atoms with Crippen molar-refractivity contribution in [2.75, 3.05) is 13.1 Å². The highest BCUT2D eigenvalue weighted by atomic mass is 14.8. The van der Waals surface area contributed by atoms with Crippen LogP contribution in [0.15, 0.2) is 78.9 Å². The van der Waals surface area contributed by atoms with Crippen molar-refractivity contribution < 1.29 is 0 Å². The van der Waals surface area contributed by atoms with E-state index in [1.807, 2.05) is 6.07 Å². The van der Waals surface area contributed by atoms with Gasteiger partial charge < -0.3 is 5.32 Å². The van der Waals surface area contributed by atoms with Crippen LogP contribution in [0.4, 0.5) is 0 Å². The van der Waals surface area contributed by atoms with Crippen molar-refractivity contribution in [2.45, 2.75) is 6.42 Å². The minimum Gasteiger partial charge on any atom is -0.313 e. The van der Waals surface area contributed by atoms with Crippen LogP contribution in [0.3, 0.4) is 0 Å². The molecule has 1 N–H and O–H groups in total. The molecule has 0 radical (unpaired) electrons. The summed E-state index contributed by atoms with van der Waals surface area (Å²) in [6.45, 7) is 1.90. The van der Waals surface area contributed by atoms with E-state index in [1.165, 1.54) is 21.9 Å². The predicted molar refractivity (Wildman–Crippen MR) is 96.0 cm³/mol. The average molecular weight is 287 g/mol. The lowest BCUT2D eigenvalue weighted by Crippen LogP contribution is -2.16. The number of hydrogen-bond donors (Lipinski definition) is 1. The SMILES string of the molecule is C(=C\c1ccccc1)/CNCCc1ccc2ccccc2c1. The standard InChI is InChI=1S/C21H21N/c1-2-7-18(8-3-1)9-6-15-22-16-14-19-12-13-20-10-4-5-11-21(20)17-19/h1-13,17,22H,14-16H2/b9-6+. The van der Waals surface area contributed by atoms with Gasteiger partial charge in [0.25, 0.3) is 0 Å². The van der Waals surface area contributed by atoms with Gasteiger partial charge in [-0.2, -0.15) is 0 Å². The minimum absolute atomic E-state index is 0.905. The van der Waals surface area contributed by atoms with E-state index in [-0.39, 0.29) is 0 Å². The predicted octanol–water partition coefficient (Wildman–Crippen LogP) is 4.69. The molecule has 3 aromatic rings. The molecule has 110 valence electrons. The zero-order chi connectivity index (χ0) is 15.0. The molecule has 0 aliphatic heterocycles. The van der Waals surface area contributed by atoms with Crippen molar-refractivity contribution in [2.24, 2.45) is 0 Å². The van der Waals surface area contributed by atoms with Crippen molar-refractivity contribution in [1.82, 2.24) is 5.32 Å². The van der Waals surface area contributed by atoms with Crippen LogP contribution in [-0.4, -0.2) is 13.1 Å². The first-order chi connectivity index (χ1) is 10.9. The molecule has 0 saturated heterocycles. The Bertz CT molecular complexity index is 744. The van der Waals surface area contributed by atoms with Gasteiger partial charge in [0, 0.05) is 6.54 Å². The van der Waals surface area contributed by atoms with Gasteiger partial charge in [0.05, 0.1) is 0 Å². The average Bonchev–Trinajstić information content (AvgIpc) is 2.59. The molecule has 3 aromatic carbocycles. The topological polar surface area (TPSA) is 12.0 Å².